The van der Waals surface area contributed by atoms with Crippen molar-refractivity contribution in [2.45, 2.75) is 68.2 Å². The van der Waals surface area contributed by atoms with Gasteiger partial charge in [0, 0.05) is 43.6 Å². The Morgan fingerprint density at radius 3 is 2.45 bits per heavy atom. The van der Waals surface area contributed by atoms with Gasteiger partial charge in [-0.25, -0.2) is 0 Å². The molecule has 3 heterocycles. The van der Waals surface area contributed by atoms with E-state index in [1.807, 2.05) is 51.1 Å². The summed E-state index contributed by atoms with van der Waals surface area (Å²) in [7, 11) is 0. The molecule has 3 amide bonds. The number of benzene rings is 1. The zero-order valence-electron chi connectivity index (χ0n) is 22.8. The van der Waals surface area contributed by atoms with E-state index in [1.54, 1.807) is 38.6 Å². The van der Waals surface area contributed by atoms with E-state index in [2.05, 4.69) is 13.2 Å². The second kappa shape index (κ2) is 11.3. The Hall–Kier alpha value is -2.58. The fourth-order valence-corrected chi connectivity index (χ4v) is 8.78. The Kier molecular flexibility index (Phi) is 8.43. The predicted octanol–water partition coefficient (Wildman–Crippen LogP) is 3.49. The van der Waals surface area contributed by atoms with Crippen LogP contribution in [-0.4, -0.2) is 85.3 Å². The summed E-state index contributed by atoms with van der Waals surface area (Å²) < 4.78 is -0.647. The molecule has 3 aliphatic rings. The van der Waals surface area contributed by atoms with Crippen LogP contribution in [0, 0.1) is 11.8 Å². The first-order chi connectivity index (χ1) is 18.1. The lowest BCUT2D eigenvalue weighted by atomic mass is 9.70. The molecule has 3 saturated heterocycles. The van der Waals surface area contributed by atoms with Crippen LogP contribution >= 0.6 is 11.8 Å². The van der Waals surface area contributed by atoms with Crippen LogP contribution < -0.4 is 0 Å². The summed E-state index contributed by atoms with van der Waals surface area (Å²) >= 11 is 1.68. The molecule has 3 fully saturated rings. The fourth-order valence-electron chi connectivity index (χ4n) is 6.57. The van der Waals surface area contributed by atoms with Gasteiger partial charge in [0.2, 0.25) is 17.7 Å². The van der Waals surface area contributed by atoms with Gasteiger partial charge in [-0.05, 0) is 45.6 Å². The number of carbonyl (C=O) groups excluding carboxylic acids is 3. The van der Waals surface area contributed by atoms with Gasteiger partial charge in [0.05, 0.1) is 16.6 Å². The Labute approximate surface area is 230 Å². The summed E-state index contributed by atoms with van der Waals surface area (Å²) in [6, 6.07) is 9.17. The molecule has 1 spiro atoms. The van der Waals surface area contributed by atoms with E-state index < -0.39 is 28.2 Å². The normalized spacial score (nSPS) is 27.8. The molecule has 0 radical (unpaired) electrons. The summed E-state index contributed by atoms with van der Waals surface area (Å²) in [4.78, 5) is 47.8. The molecule has 2 bridgehead atoms. The van der Waals surface area contributed by atoms with Crippen LogP contribution in [0.1, 0.15) is 45.6 Å². The van der Waals surface area contributed by atoms with Crippen LogP contribution in [0.2, 0.25) is 0 Å². The van der Waals surface area contributed by atoms with E-state index in [1.165, 1.54) is 0 Å². The lowest BCUT2D eigenvalue weighted by molar-refractivity contribution is -0.146. The molecule has 1 aromatic rings. The topological polar surface area (TPSA) is 81.2 Å². The molecule has 1 N–H and O–H groups in total. The lowest BCUT2D eigenvalue weighted by Gasteiger charge is -2.42. The Balaban J connectivity index is 1.71. The molecule has 3 aliphatic heterocycles. The monoisotopic (exact) mass is 539 g/mol. The number of nitrogens with zero attached hydrogens (tertiary/aromatic N) is 3. The highest BCUT2D eigenvalue weighted by Gasteiger charge is 2.74. The van der Waals surface area contributed by atoms with Crippen LogP contribution in [0.25, 0.3) is 0 Å². The zero-order valence-corrected chi connectivity index (χ0v) is 23.7. The number of carbonyl (C=O) groups is 3. The van der Waals surface area contributed by atoms with Crippen molar-refractivity contribution in [3.8, 4) is 0 Å². The van der Waals surface area contributed by atoms with Crippen LogP contribution in [0.4, 0.5) is 0 Å². The van der Waals surface area contributed by atoms with E-state index in [-0.39, 0.29) is 29.6 Å². The zero-order chi connectivity index (χ0) is 27.7. The van der Waals surface area contributed by atoms with E-state index in [4.69, 9.17) is 0 Å². The van der Waals surface area contributed by atoms with E-state index >= 15 is 0 Å². The van der Waals surface area contributed by atoms with Crippen molar-refractivity contribution in [1.29, 1.82) is 0 Å². The van der Waals surface area contributed by atoms with Gasteiger partial charge in [-0.2, -0.15) is 0 Å². The van der Waals surface area contributed by atoms with Crippen LogP contribution in [0.15, 0.2) is 55.6 Å². The van der Waals surface area contributed by atoms with E-state index in [0.717, 1.165) is 18.4 Å². The number of aliphatic hydroxyl groups is 1. The van der Waals surface area contributed by atoms with Crippen LogP contribution in [0.3, 0.4) is 0 Å². The van der Waals surface area contributed by atoms with Gasteiger partial charge < -0.3 is 19.8 Å². The molecule has 38 heavy (non-hydrogen) atoms. The second-order valence-electron chi connectivity index (χ2n) is 11.6. The van der Waals surface area contributed by atoms with Gasteiger partial charge in [-0.15, -0.1) is 24.9 Å². The second-order valence-corrected chi connectivity index (χ2v) is 13.2. The molecule has 1 aromatic carbocycles. The molecular formula is C30H41N3O4S. The quantitative estimate of drug-likeness (QED) is 0.436. The first-order valence-corrected chi connectivity index (χ1v) is 14.4. The van der Waals surface area contributed by atoms with E-state index in [0.29, 0.717) is 32.6 Å². The van der Waals surface area contributed by atoms with Gasteiger partial charge in [-0.1, -0.05) is 42.5 Å². The summed E-state index contributed by atoms with van der Waals surface area (Å²) in [5, 5.41) is 9.58. The predicted molar refractivity (Wildman–Crippen MR) is 151 cm³/mol. The summed E-state index contributed by atoms with van der Waals surface area (Å²) in [5.74, 6) is -1.31. The highest BCUT2D eigenvalue weighted by Crippen LogP contribution is 2.66. The maximum Gasteiger partial charge on any atom is 0.247 e. The summed E-state index contributed by atoms with van der Waals surface area (Å²) in [5.41, 5.74) is 0.562. The van der Waals surface area contributed by atoms with Crippen molar-refractivity contribution >= 4 is 29.5 Å². The Morgan fingerprint density at radius 1 is 1.16 bits per heavy atom. The van der Waals surface area contributed by atoms with Crippen molar-refractivity contribution in [2.24, 2.45) is 11.8 Å². The third kappa shape index (κ3) is 4.93. The van der Waals surface area contributed by atoms with Gasteiger partial charge in [0.15, 0.2) is 0 Å². The number of hydrogen-bond acceptors (Lipinski definition) is 5. The van der Waals surface area contributed by atoms with Gasteiger partial charge in [0.1, 0.15) is 6.04 Å². The number of aliphatic hydroxyl groups excluding tert-OH is 1. The van der Waals surface area contributed by atoms with E-state index in [9.17, 15) is 19.5 Å². The van der Waals surface area contributed by atoms with Crippen molar-refractivity contribution in [3.05, 3.63) is 61.2 Å². The fraction of sp³-hybridized carbons (Fsp3) is 0.567. The molecule has 2 unspecified atom stereocenters. The molecule has 0 saturated carbocycles. The average Bonchev–Trinajstić information content (AvgIpc) is 3.52. The van der Waals surface area contributed by atoms with Crippen molar-refractivity contribution in [2.75, 3.05) is 26.2 Å². The third-order valence-electron chi connectivity index (χ3n) is 8.14. The van der Waals surface area contributed by atoms with Gasteiger partial charge in [0.25, 0.3) is 0 Å². The molecule has 7 nitrogen and oxygen atoms in total. The van der Waals surface area contributed by atoms with Crippen molar-refractivity contribution in [1.82, 2.24) is 14.7 Å². The Bertz CT molecular complexity index is 1070. The highest BCUT2D eigenvalue weighted by molar-refractivity contribution is 8.02. The van der Waals surface area contributed by atoms with Gasteiger partial charge >= 0.3 is 0 Å². The third-order valence-corrected chi connectivity index (χ3v) is 10.1. The van der Waals surface area contributed by atoms with Gasteiger partial charge in [-0.3, -0.25) is 14.4 Å². The molecular weight excluding hydrogens is 498 g/mol. The smallest absolute Gasteiger partial charge is 0.247 e. The SMILES string of the molecule is C=CCN(Cc1ccccc1)C(=O)[C@@H]1[C@H]2C(=O)N(CCCO)C(C(=O)N(CC=C)C(C)(C)C)C23CC[C@H]1S3. The minimum atomic E-state index is -0.666. The molecule has 5 atom stereocenters. The number of rotatable bonds is 11. The van der Waals surface area contributed by atoms with Crippen molar-refractivity contribution in [3.63, 3.8) is 0 Å². The number of likely N-dealkylation sites (tertiary alicyclic amines) is 1. The minimum Gasteiger partial charge on any atom is -0.396 e. The largest absolute Gasteiger partial charge is 0.396 e. The number of thioether (sulfide) groups is 1. The molecule has 0 aliphatic carbocycles. The average molecular weight is 540 g/mol. The van der Waals surface area contributed by atoms with Crippen molar-refractivity contribution < 1.29 is 19.5 Å². The lowest BCUT2D eigenvalue weighted by Crippen LogP contribution is -2.58. The first kappa shape index (κ1) is 28.4. The maximum atomic E-state index is 14.3. The minimum absolute atomic E-state index is 0.00248. The van der Waals surface area contributed by atoms with Crippen LogP contribution in [-0.2, 0) is 20.9 Å². The number of hydrogen-bond donors (Lipinski definition) is 1. The summed E-state index contributed by atoms with van der Waals surface area (Å²) in [6.07, 6.45) is 5.35. The number of fused-ring (bicyclic) bond motifs is 1. The summed E-state index contributed by atoms with van der Waals surface area (Å²) in [6.45, 7) is 15.1. The standard InChI is InChI=1S/C30H41N3O4S/c1-6-16-31(20-21-12-9-8-10-13-21)26(35)23-22-14-15-30(38-22)24(23)27(36)32(18-11-19-34)25(30)28(37)33(17-7-2)29(3,4)5/h6-10,12-13,22-25,34H,1-2,11,14-20H2,3-5H3/t22-,23+,24+,25?,30?/m1/s1. The Morgan fingerprint density at radius 2 is 1.84 bits per heavy atom. The molecule has 4 rings (SSSR count). The molecule has 0 aromatic heterocycles. The highest BCUT2D eigenvalue weighted by atomic mass is 32.2. The van der Waals surface area contributed by atoms with Crippen LogP contribution in [0.5, 0.6) is 0 Å². The molecule has 8 heteroatoms. The molecule has 206 valence electrons. The first-order valence-electron chi connectivity index (χ1n) is 13.6. The number of amides is 3. The maximum absolute atomic E-state index is 14.3.